The van der Waals surface area contributed by atoms with E-state index in [1.54, 1.807) is 106 Å². The Morgan fingerprint density at radius 3 is 1.80 bits per heavy atom. The van der Waals surface area contributed by atoms with Crippen molar-refractivity contribution < 1.29 is 111 Å². The molecule has 0 radical (unpaired) electrons. The van der Waals surface area contributed by atoms with Crippen LogP contribution in [0.15, 0.2) is 47.6 Å². The standard InChI is InChI=1S/C72H131NO22/c1-13-14-15-16-22-50-34-43(4)62(85)37-52(75)24-20-27-57(80)45(6)56(79)25-18-17-21-42(3)67(87)47(8)63-39-64(94-71-70(90)66(73(11)12)68(88)49(10)93-71)48(9)72(91,95-63)40-65(86)92-44(5)29-30-53(76)35-51(74)23-19-26-58(81)46(7)59(82)32-28-41(2)61(84)38-55(78)36-54(77)31-33-60(83)69(50)89/h17-18,21,29-30,34,41,44-64,66-71,74-85,87-91H,13-16,19-20,22-28,31-33,35-40H2,1-12H3/b18-17-,30-29-,42-21-,43-34-/t41-,44-,45+,46+,47-,48-,49-,50-,51-,52+,53-,54+,55-,56-,57-,58+,59-,60+,61-,62-,63+,64+,66+,67+,68-,69+,70-,71+,72-/m1/s1. The molecule has 0 saturated carbocycles. The minimum absolute atomic E-state index is 0.0123. The van der Waals surface area contributed by atoms with Crippen molar-refractivity contribution in [3.63, 3.8) is 0 Å². The number of aliphatic hydroxyl groups excluding tert-OH is 16. The average molecular weight is 1360 g/mol. The average Bonchev–Trinajstić information content (AvgIpc) is 0.770. The van der Waals surface area contributed by atoms with Gasteiger partial charge in [-0.2, -0.15) is 0 Å². The van der Waals surface area contributed by atoms with Crippen molar-refractivity contribution in [3.05, 3.63) is 47.6 Å². The van der Waals surface area contributed by atoms with Gasteiger partial charge >= 0.3 is 5.97 Å². The molecule has 556 valence electrons. The van der Waals surface area contributed by atoms with Crippen LogP contribution in [0.4, 0.5) is 0 Å². The summed E-state index contributed by atoms with van der Waals surface area (Å²) < 4.78 is 24.5. The van der Waals surface area contributed by atoms with Crippen LogP contribution in [0, 0.1) is 35.5 Å². The van der Waals surface area contributed by atoms with Crippen molar-refractivity contribution in [3.8, 4) is 0 Å². The number of carbonyl (C=O) groups excluding carboxylic acids is 1. The van der Waals surface area contributed by atoms with E-state index in [0.717, 1.165) is 25.7 Å². The second kappa shape index (κ2) is 43.4. The highest BCUT2D eigenvalue weighted by Crippen LogP contribution is 2.42. The van der Waals surface area contributed by atoms with E-state index in [0.29, 0.717) is 36.8 Å². The predicted octanol–water partition coefficient (Wildman–Crippen LogP) is 4.26. The molecule has 0 aliphatic carbocycles. The SMILES string of the molecule is CCCCCC[C@@H]1/C=C(/C)[C@H](O)C[C@@H](O)CCC[C@@H](O)[C@@H](C)[C@H](O)C/C=C\C=C(\C)[C@H](O)[C@H](C)[C@@H]2C[C@H](O[C@@H]3O[C@H](C)[C@@H](O)[C@H](N(C)C)[C@H]3O)[C@@H](C)[C@@](O)(CC(=O)O[C@H](C)/C=C\[C@@H](O)C[C@H](O)CCC[C@H](O)[C@H](C)[C@H](O)CC[C@@H](C)[C@H](O)C[C@H](O)C[C@@H](O)CC[C@H](O)[C@H]1O)O2. The molecule has 3 rings (SSSR count). The number of likely N-dealkylation sites (N-methyl/N-ethyl adjacent to an activating group) is 1. The summed E-state index contributed by atoms with van der Waals surface area (Å²) in [5, 5.41) is 190. The normalized spacial score (nSPS) is 44.7. The molecule has 0 amide bonds. The molecule has 0 aromatic rings. The molecule has 17 N–H and O–H groups in total. The van der Waals surface area contributed by atoms with Crippen LogP contribution in [0.1, 0.15) is 210 Å². The summed E-state index contributed by atoms with van der Waals surface area (Å²) in [6.45, 7) is 17.2. The highest BCUT2D eigenvalue weighted by Gasteiger charge is 2.53. The molecule has 0 unspecified atom stereocenters. The van der Waals surface area contributed by atoms with Gasteiger partial charge in [-0.1, -0.05) is 97.6 Å². The molecule has 23 nitrogen and oxygen atoms in total. The second-order valence-electron chi connectivity index (χ2n) is 29.2. The quantitative estimate of drug-likeness (QED) is 0.0917. The summed E-state index contributed by atoms with van der Waals surface area (Å²) >= 11 is 0. The van der Waals surface area contributed by atoms with E-state index in [4.69, 9.17) is 18.9 Å². The fourth-order valence-electron chi connectivity index (χ4n) is 13.5. The number of nitrogens with zero attached hydrogens (tertiary/aromatic N) is 1. The number of hydrogen-bond acceptors (Lipinski definition) is 23. The topological polar surface area (TPSA) is 401 Å². The molecule has 0 aromatic carbocycles. The minimum Gasteiger partial charge on any atom is -0.458 e. The third-order valence-electron chi connectivity index (χ3n) is 20.7. The van der Waals surface area contributed by atoms with E-state index in [2.05, 4.69) is 6.92 Å². The Morgan fingerprint density at radius 1 is 0.589 bits per heavy atom. The number of unbranched alkanes of at least 4 members (excludes halogenated alkanes) is 3. The molecule has 0 spiro atoms. The lowest BCUT2D eigenvalue weighted by Crippen LogP contribution is -2.64. The lowest BCUT2D eigenvalue weighted by atomic mass is 9.80. The number of rotatable bonds is 8. The van der Waals surface area contributed by atoms with E-state index in [9.17, 15) is 91.6 Å². The molecule has 23 heteroatoms. The number of fused-ring (bicyclic) bond motifs is 2. The van der Waals surface area contributed by atoms with Gasteiger partial charge in [-0.05, 0) is 155 Å². The maximum absolute atomic E-state index is 13.7. The van der Waals surface area contributed by atoms with Gasteiger partial charge in [-0.15, -0.1) is 0 Å². The Labute approximate surface area is 567 Å². The zero-order chi connectivity index (χ0) is 71.6. The van der Waals surface area contributed by atoms with Gasteiger partial charge in [0.05, 0.1) is 122 Å². The first kappa shape index (κ1) is 86.8. The molecule has 29 atom stereocenters. The van der Waals surface area contributed by atoms with Gasteiger partial charge in [-0.3, -0.25) is 4.79 Å². The number of allylic oxidation sites excluding steroid dienone is 2. The molecular weight excluding hydrogens is 1230 g/mol. The fraction of sp³-hybridized carbons (Fsp3) is 0.875. The summed E-state index contributed by atoms with van der Waals surface area (Å²) in [5.41, 5.74) is 1.00. The molecule has 2 fully saturated rings. The molecule has 0 aromatic heterocycles. The lowest BCUT2D eigenvalue weighted by molar-refractivity contribution is -0.351. The first-order valence-corrected chi connectivity index (χ1v) is 35.7. The monoisotopic (exact) mass is 1360 g/mol. The van der Waals surface area contributed by atoms with Gasteiger partial charge in [0.15, 0.2) is 12.1 Å². The Hall–Kier alpha value is -2.41. The van der Waals surface area contributed by atoms with Crippen LogP contribution in [0.5, 0.6) is 0 Å². The van der Waals surface area contributed by atoms with Gasteiger partial charge in [0.2, 0.25) is 0 Å². The van der Waals surface area contributed by atoms with Gasteiger partial charge < -0.3 is 111 Å². The molecule has 3 heterocycles. The summed E-state index contributed by atoms with van der Waals surface area (Å²) in [6.07, 6.45) is -6.51. The van der Waals surface area contributed by atoms with E-state index >= 15 is 0 Å². The van der Waals surface area contributed by atoms with Gasteiger partial charge in [0.1, 0.15) is 12.2 Å². The van der Waals surface area contributed by atoms with Crippen LogP contribution >= 0.6 is 0 Å². The Kier molecular flexibility index (Phi) is 39.7. The number of esters is 1. The maximum Gasteiger partial charge on any atom is 0.311 e. The fourth-order valence-corrected chi connectivity index (χ4v) is 13.5. The molecule has 3 aliphatic rings. The number of carbonyl (C=O) groups is 1. The Morgan fingerprint density at radius 2 is 1.18 bits per heavy atom. The van der Waals surface area contributed by atoms with Crippen molar-refractivity contribution in [2.45, 2.75) is 351 Å². The highest BCUT2D eigenvalue weighted by atomic mass is 16.7. The van der Waals surface area contributed by atoms with Crippen LogP contribution in [-0.4, -0.2) is 252 Å². The first-order valence-electron chi connectivity index (χ1n) is 35.7. The lowest BCUT2D eigenvalue weighted by Gasteiger charge is -2.50. The van der Waals surface area contributed by atoms with E-state index in [1.807, 2.05) is 0 Å². The molecule has 3 aliphatic heterocycles. The number of ether oxygens (including phenoxy) is 4. The summed E-state index contributed by atoms with van der Waals surface area (Å²) in [6, 6.07) is -0.781. The van der Waals surface area contributed by atoms with E-state index < -0.39 is 182 Å². The smallest absolute Gasteiger partial charge is 0.311 e. The Bertz CT molecular complexity index is 2240. The van der Waals surface area contributed by atoms with Crippen molar-refractivity contribution in [2.24, 2.45) is 35.5 Å². The van der Waals surface area contributed by atoms with Gasteiger partial charge in [-0.25, -0.2) is 0 Å². The zero-order valence-corrected chi connectivity index (χ0v) is 59.3. The van der Waals surface area contributed by atoms with Crippen LogP contribution in [0.3, 0.4) is 0 Å². The summed E-state index contributed by atoms with van der Waals surface area (Å²) in [7, 11) is 3.40. The molecular formula is C72H131NO22. The molecule has 2 bridgehead atoms. The van der Waals surface area contributed by atoms with E-state index in [1.165, 1.54) is 12.2 Å². The molecule has 2 saturated heterocycles. The van der Waals surface area contributed by atoms with Crippen LogP contribution in [0.25, 0.3) is 0 Å². The molecule has 95 heavy (non-hydrogen) atoms. The van der Waals surface area contributed by atoms with Crippen LogP contribution in [-0.2, 0) is 23.7 Å². The predicted molar refractivity (Wildman–Crippen MR) is 361 cm³/mol. The number of cyclic esters (lactones) is 1. The largest absolute Gasteiger partial charge is 0.458 e. The van der Waals surface area contributed by atoms with Crippen LogP contribution < -0.4 is 0 Å². The van der Waals surface area contributed by atoms with Crippen molar-refractivity contribution >= 4 is 5.97 Å². The zero-order valence-electron chi connectivity index (χ0n) is 59.3. The summed E-state index contributed by atoms with van der Waals surface area (Å²) in [4.78, 5) is 15.4. The third-order valence-corrected chi connectivity index (χ3v) is 20.7. The minimum atomic E-state index is -2.26. The van der Waals surface area contributed by atoms with Crippen molar-refractivity contribution in [1.29, 1.82) is 0 Å². The van der Waals surface area contributed by atoms with Crippen LogP contribution in [0.2, 0.25) is 0 Å². The van der Waals surface area contributed by atoms with Crippen molar-refractivity contribution in [2.75, 3.05) is 14.1 Å². The summed E-state index contributed by atoms with van der Waals surface area (Å²) in [5.74, 6) is -6.87. The van der Waals surface area contributed by atoms with Gasteiger partial charge in [0.25, 0.3) is 0 Å². The maximum atomic E-state index is 13.7. The third kappa shape index (κ3) is 29.6. The van der Waals surface area contributed by atoms with E-state index in [-0.39, 0.29) is 89.4 Å². The highest BCUT2D eigenvalue weighted by molar-refractivity contribution is 5.71. The van der Waals surface area contributed by atoms with Gasteiger partial charge in [0, 0.05) is 48.9 Å². The number of hydrogen-bond donors (Lipinski definition) is 17. The number of aliphatic hydroxyl groups is 17. The first-order chi connectivity index (χ1) is 44.5. The second-order valence-corrected chi connectivity index (χ2v) is 29.2. The Balaban J connectivity index is 1.85. The van der Waals surface area contributed by atoms with Crippen molar-refractivity contribution in [1.82, 2.24) is 4.90 Å².